The first-order valence-corrected chi connectivity index (χ1v) is 16.9. The van der Waals surface area contributed by atoms with E-state index in [1.54, 1.807) is 14.2 Å². The van der Waals surface area contributed by atoms with Gasteiger partial charge in [0.2, 0.25) is 0 Å². The summed E-state index contributed by atoms with van der Waals surface area (Å²) in [6, 6.07) is 40.5. The first kappa shape index (κ1) is 30.3. The smallest absolute Gasteiger partial charge is 0.118 e. The van der Waals surface area contributed by atoms with Gasteiger partial charge in [-0.25, -0.2) is 0 Å². The van der Waals surface area contributed by atoms with Crippen molar-refractivity contribution in [3.8, 4) is 67.1 Å². The van der Waals surface area contributed by atoms with E-state index in [9.17, 15) is 0 Å². The van der Waals surface area contributed by atoms with Gasteiger partial charge in [0.1, 0.15) is 11.5 Å². The zero-order chi connectivity index (χ0) is 33.5. The molecule has 0 N–H and O–H groups in total. The molecule has 2 nitrogen and oxygen atoms in total. The van der Waals surface area contributed by atoms with Crippen LogP contribution < -0.4 is 9.47 Å². The monoisotopic (exact) mass is 626 g/mol. The highest BCUT2D eigenvalue weighted by atomic mass is 16.5. The number of aryl methyl sites for hydroxylation is 2. The second kappa shape index (κ2) is 10.7. The fourth-order valence-corrected chi connectivity index (χ4v) is 8.28. The minimum atomic E-state index is -0.117. The van der Waals surface area contributed by atoms with Crippen molar-refractivity contribution in [1.82, 2.24) is 0 Å². The van der Waals surface area contributed by atoms with Gasteiger partial charge in [0, 0.05) is 10.8 Å². The van der Waals surface area contributed by atoms with E-state index in [-0.39, 0.29) is 10.8 Å². The summed E-state index contributed by atoms with van der Waals surface area (Å²) in [5.74, 6) is 1.76. The standard InChI is InChI=1S/C46H42O2/c1-27-21-39-35-19-13-31(29-9-15-33(47-7)16-10-29)23-41(35)45(3,4)43(39)25-37(27)38-26-44-40(22-28(38)2)36-20-14-32(24-42(36)46(44,5)6)30-11-17-34(48-8)18-12-30/h9-26H,1-8H3. The molecule has 8 rings (SSSR count). The average Bonchev–Trinajstić information content (AvgIpc) is 3.45. The molecule has 48 heavy (non-hydrogen) atoms. The maximum atomic E-state index is 5.40. The molecule has 6 aromatic carbocycles. The average molecular weight is 627 g/mol. The molecule has 0 saturated carbocycles. The van der Waals surface area contributed by atoms with Gasteiger partial charge >= 0.3 is 0 Å². The van der Waals surface area contributed by atoms with Crippen molar-refractivity contribution in [2.75, 3.05) is 14.2 Å². The van der Waals surface area contributed by atoms with Crippen LogP contribution in [0.4, 0.5) is 0 Å². The second-order valence-corrected chi connectivity index (χ2v) is 14.7. The summed E-state index contributed by atoms with van der Waals surface area (Å²) in [4.78, 5) is 0. The zero-order valence-electron chi connectivity index (χ0n) is 29.2. The zero-order valence-corrected chi connectivity index (χ0v) is 29.2. The second-order valence-electron chi connectivity index (χ2n) is 14.7. The van der Waals surface area contributed by atoms with Crippen molar-refractivity contribution < 1.29 is 9.47 Å². The molecule has 0 saturated heterocycles. The van der Waals surface area contributed by atoms with Gasteiger partial charge in [-0.3, -0.25) is 0 Å². The number of hydrogen-bond donors (Lipinski definition) is 0. The summed E-state index contributed by atoms with van der Waals surface area (Å²) in [6.45, 7) is 14.1. The highest BCUT2D eigenvalue weighted by molar-refractivity contribution is 5.90. The molecular formula is C46H42O2. The minimum absolute atomic E-state index is 0.117. The van der Waals surface area contributed by atoms with E-state index >= 15 is 0 Å². The predicted octanol–water partition coefficient (Wildman–Crippen LogP) is 11.9. The Hall–Kier alpha value is -5.08. The van der Waals surface area contributed by atoms with E-state index in [1.807, 2.05) is 24.3 Å². The van der Waals surface area contributed by atoms with Crippen molar-refractivity contribution in [2.24, 2.45) is 0 Å². The molecule has 0 amide bonds. The van der Waals surface area contributed by atoms with Crippen molar-refractivity contribution in [2.45, 2.75) is 52.4 Å². The Balaban J connectivity index is 1.19. The van der Waals surface area contributed by atoms with Gasteiger partial charge < -0.3 is 9.47 Å². The van der Waals surface area contributed by atoms with Crippen molar-refractivity contribution in [3.63, 3.8) is 0 Å². The van der Waals surface area contributed by atoms with Crippen molar-refractivity contribution >= 4 is 0 Å². The number of benzene rings is 6. The predicted molar refractivity (Wildman–Crippen MR) is 200 cm³/mol. The van der Waals surface area contributed by atoms with E-state index in [2.05, 4.69) is 126 Å². The van der Waals surface area contributed by atoms with Crippen LogP contribution in [0.15, 0.2) is 109 Å². The van der Waals surface area contributed by atoms with Gasteiger partial charge in [0.15, 0.2) is 0 Å². The highest BCUT2D eigenvalue weighted by Crippen LogP contribution is 2.54. The Morgan fingerprint density at radius 1 is 0.354 bits per heavy atom. The van der Waals surface area contributed by atoms with Crippen LogP contribution in [0.5, 0.6) is 11.5 Å². The first-order valence-electron chi connectivity index (χ1n) is 16.9. The van der Waals surface area contributed by atoms with Crippen LogP contribution in [0.1, 0.15) is 61.1 Å². The quantitative estimate of drug-likeness (QED) is 0.190. The number of rotatable bonds is 5. The normalized spacial score (nSPS) is 14.6. The van der Waals surface area contributed by atoms with Gasteiger partial charge in [0.05, 0.1) is 14.2 Å². The fraction of sp³-hybridized carbons (Fsp3) is 0.217. The Morgan fingerprint density at radius 2 is 0.688 bits per heavy atom. The van der Waals surface area contributed by atoms with Crippen LogP contribution in [-0.4, -0.2) is 14.2 Å². The van der Waals surface area contributed by atoms with Gasteiger partial charge in [-0.1, -0.05) is 88.4 Å². The summed E-state index contributed by atoms with van der Waals surface area (Å²) in [7, 11) is 3.43. The Bertz CT molecular complexity index is 2090. The van der Waals surface area contributed by atoms with E-state index in [0.29, 0.717) is 0 Å². The molecule has 0 aliphatic heterocycles. The van der Waals surface area contributed by atoms with E-state index in [4.69, 9.17) is 9.47 Å². The lowest BCUT2D eigenvalue weighted by molar-refractivity contribution is 0.415. The highest BCUT2D eigenvalue weighted by Gasteiger charge is 2.38. The number of ether oxygens (including phenoxy) is 2. The molecule has 2 aliphatic rings. The van der Waals surface area contributed by atoms with Crippen LogP contribution in [0.25, 0.3) is 55.6 Å². The lowest BCUT2D eigenvalue weighted by Crippen LogP contribution is -2.16. The first-order chi connectivity index (χ1) is 23.0. The topological polar surface area (TPSA) is 18.5 Å². The van der Waals surface area contributed by atoms with Crippen LogP contribution >= 0.6 is 0 Å². The molecule has 2 aliphatic carbocycles. The Labute approximate surface area is 285 Å². The largest absolute Gasteiger partial charge is 0.497 e. The third kappa shape index (κ3) is 4.46. The summed E-state index contributed by atoms with van der Waals surface area (Å²) in [5, 5.41) is 0. The molecule has 0 radical (unpaired) electrons. The van der Waals surface area contributed by atoms with E-state index < -0.39 is 0 Å². The van der Waals surface area contributed by atoms with Crippen LogP contribution in [0.2, 0.25) is 0 Å². The molecule has 0 heterocycles. The molecule has 0 fully saturated rings. The van der Waals surface area contributed by atoms with Crippen LogP contribution in [-0.2, 0) is 10.8 Å². The van der Waals surface area contributed by atoms with E-state index in [0.717, 1.165) is 11.5 Å². The molecule has 0 bridgehead atoms. The van der Waals surface area contributed by atoms with Crippen molar-refractivity contribution in [1.29, 1.82) is 0 Å². The van der Waals surface area contributed by atoms with Crippen LogP contribution in [0.3, 0.4) is 0 Å². The van der Waals surface area contributed by atoms with Crippen LogP contribution in [0, 0.1) is 13.8 Å². The molecule has 0 atom stereocenters. The summed E-state index contributed by atoms with van der Waals surface area (Å²) < 4.78 is 10.8. The Kier molecular flexibility index (Phi) is 6.76. The molecule has 0 spiro atoms. The molecule has 238 valence electrons. The lowest BCUT2D eigenvalue weighted by atomic mass is 9.78. The molecule has 6 aromatic rings. The number of methoxy groups -OCH3 is 2. The third-order valence-corrected chi connectivity index (χ3v) is 11.2. The fourth-order valence-electron chi connectivity index (χ4n) is 8.28. The summed E-state index contributed by atoms with van der Waals surface area (Å²) in [6.07, 6.45) is 0. The number of fused-ring (bicyclic) bond motifs is 6. The Morgan fingerprint density at radius 3 is 1.04 bits per heavy atom. The van der Waals surface area contributed by atoms with Gasteiger partial charge in [-0.2, -0.15) is 0 Å². The lowest BCUT2D eigenvalue weighted by Gasteiger charge is -2.25. The van der Waals surface area contributed by atoms with E-state index in [1.165, 1.54) is 89.0 Å². The maximum Gasteiger partial charge on any atom is 0.118 e. The molecule has 2 heteroatoms. The van der Waals surface area contributed by atoms with Gasteiger partial charge in [-0.05, 0) is 151 Å². The van der Waals surface area contributed by atoms with Crippen molar-refractivity contribution in [3.05, 3.63) is 143 Å². The molecule has 0 aromatic heterocycles. The summed E-state index contributed by atoms with van der Waals surface area (Å²) >= 11 is 0. The summed E-state index contributed by atoms with van der Waals surface area (Å²) in [5.41, 5.74) is 20.9. The number of hydrogen-bond acceptors (Lipinski definition) is 2. The maximum absolute atomic E-state index is 5.40. The SMILES string of the molecule is COc1ccc(-c2ccc3c(c2)C(C)(C)c2cc(-c4cc5c(cc4C)-c4ccc(-c6ccc(OC)cc6)cc4C5(C)C)c(C)cc2-3)cc1. The third-order valence-electron chi connectivity index (χ3n) is 11.2. The van der Waals surface area contributed by atoms with Gasteiger partial charge in [0.25, 0.3) is 0 Å². The van der Waals surface area contributed by atoms with Gasteiger partial charge in [-0.15, -0.1) is 0 Å². The molecular weight excluding hydrogens is 585 g/mol. The minimum Gasteiger partial charge on any atom is -0.497 e. The molecule has 0 unspecified atom stereocenters.